The van der Waals surface area contributed by atoms with Crippen molar-refractivity contribution < 1.29 is 4.92 Å². The third kappa shape index (κ3) is 6.59. The summed E-state index contributed by atoms with van der Waals surface area (Å²) in [4.78, 5) is 18.5. The Balaban J connectivity index is 0.00000264. The van der Waals surface area contributed by atoms with E-state index < -0.39 is 4.92 Å². The van der Waals surface area contributed by atoms with E-state index in [1.807, 2.05) is 18.2 Å². The number of nitro benzene ring substituents is 1. The van der Waals surface area contributed by atoms with E-state index in [-0.39, 0.29) is 29.7 Å². The number of aromatic nitrogens is 1. The first kappa shape index (κ1) is 18.8. The molecule has 1 heterocycles. The highest BCUT2D eigenvalue weighted by Gasteiger charge is 2.03. The van der Waals surface area contributed by atoms with E-state index in [1.54, 1.807) is 18.3 Å². The molecule has 0 aliphatic heterocycles. The highest BCUT2D eigenvalue weighted by molar-refractivity contribution is 14.0. The van der Waals surface area contributed by atoms with E-state index >= 15 is 0 Å². The fourth-order valence-corrected chi connectivity index (χ4v) is 1.82. The molecule has 0 atom stereocenters. The third-order valence-corrected chi connectivity index (χ3v) is 2.99. The molecule has 1 aromatic carbocycles. The van der Waals surface area contributed by atoms with Gasteiger partial charge in [0.2, 0.25) is 0 Å². The molecule has 8 heteroatoms. The number of nitro groups is 1. The number of nitrogens with one attached hydrogen (secondary N) is 1. The minimum absolute atomic E-state index is 0. The minimum atomic E-state index is -0.430. The number of aliphatic imine (C=N–C) groups is 1. The van der Waals surface area contributed by atoms with Crippen LogP contribution in [0.3, 0.4) is 0 Å². The molecule has 0 unspecified atom stereocenters. The molecule has 0 spiro atoms. The number of hydrogen-bond donors (Lipinski definition) is 2. The van der Waals surface area contributed by atoms with Gasteiger partial charge in [0.05, 0.1) is 11.5 Å². The van der Waals surface area contributed by atoms with Gasteiger partial charge in [-0.15, -0.1) is 24.0 Å². The molecule has 0 aliphatic rings. The lowest BCUT2D eigenvalue weighted by atomic mass is 10.2. The maximum atomic E-state index is 10.6. The van der Waals surface area contributed by atoms with Crippen molar-refractivity contribution in [3.05, 3.63) is 70.0 Å². The monoisotopic (exact) mass is 427 g/mol. The number of halogens is 1. The predicted molar refractivity (Wildman–Crippen MR) is 99.8 cm³/mol. The number of nitrogens with zero attached hydrogens (tertiary/aromatic N) is 3. The third-order valence-electron chi connectivity index (χ3n) is 2.99. The Morgan fingerprint density at radius 2 is 2.00 bits per heavy atom. The van der Waals surface area contributed by atoms with Crippen molar-refractivity contribution in [3.8, 4) is 0 Å². The van der Waals surface area contributed by atoms with Gasteiger partial charge in [0.25, 0.3) is 5.69 Å². The Hall–Kier alpha value is -2.23. The van der Waals surface area contributed by atoms with E-state index in [4.69, 9.17) is 5.73 Å². The molecule has 0 saturated carbocycles. The van der Waals surface area contributed by atoms with Crippen LogP contribution in [0.15, 0.2) is 53.7 Å². The zero-order valence-electron chi connectivity index (χ0n) is 12.4. The largest absolute Gasteiger partial charge is 0.370 e. The summed E-state index contributed by atoms with van der Waals surface area (Å²) in [6, 6.07) is 12.0. The van der Waals surface area contributed by atoms with Crippen molar-refractivity contribution in [2.24, 2.45) is 10.7 Å². The molecule has 0 saturated heterocycles. The van der Waals surface area contributed by atoms with E-state index in [0.717, 1.165) is 17.7 Å². The van der Waals surface area contributed by atoms with Crippen molar-refractivity contribution in [2.45, 2.75) is 13.0 Å². The number of hydrogen-bond acceptors (Lipinski definition) is 4. The van der Waals surface area contributed by atoms with Crippen LogP contribution >= 0.6 is 24.0 Å². The van der Waals surface area contributed by atoms with Gasteiger partial charge in [-0.2, -0.15) is 0 Å². The SMILES string of the molecule is I.NC(=NCc1ccc([N+](=O)[O-])cc1)NCCc1ccccn1. The van der Waals surface area contributed by atoms with Crippen LogP contribution in [0, 0.1) is 10.1 Å². The number of non-ortho nitro benzene ring substituents is 1. The Bertz CT molecular complexity index is 647. The van der Waals surface area contributed by atoms with Crippen LogP contribution in [0.1, 0.15) is 11.3 Å². The van der Waals surface area contributed by atoms with E-state index in [1.165, 1.54) is 12.1 Å². The van der Waals surface area contributed by atoms with Crippen molar-refractivity contribution in [1.29, 1.82) is 0 Å². The highest BCUT2D eigenvalue weighted by atomic mass is 127. The molecule has 3 N–H and O–H groups in total. The zero-order valence-corrected chi connectivity index (χ0v) is 14.7. The number of benzene rings is 1. The van der Waals surface area contributed by atoms with Crippen LogP contribution in [0.2, 0.25) is 0 Å². The van der Waals surface area contributed by atoms with E-state index in [2.05, 4.69) is 15.3 Å². The van der Waals surface area contributed by atoms with Crippen LogP contribution in [0.5, 0.6) is 0 Å². The lowest BCUT2D eigenvalue weighted by molar-refractivity contribution is -0.384. The summed E-state index contributed by atoms with van der Waals surface area (Å²) in [6.45, 7) is 1.02. The van der Waals surface area contributed by atoms with Gasteiger partial charge in [-0.05, 0) is 17.7 Å². The van der Waals surface area contributed by atoms with E-state index in [9.17, 15) is 10.1 Å². The summed E-state index contributed by atoms with van der Waals surface area (Å²) < 4.78 is 0. The molecule has 0 fully saturated rings. The normalized spacial score (nSPS) is 10.7. The molecule has 0 bridgehead atoms. The molecular formula is C15H18IN5O2. The molecule has 1 aromatic heterocycles. The first-order valence-electron chi connectivity index (χ1n) is 6.82. The molecule has 23 heavy (non-hydrogen) atoms. The lowest BCUT2D eigenvalue weighted by Gasteiger charge is -2.05. The molecule has 0 radical (unpaired) electrons. The fraction of sp³-hybridized carbons (Fsp3) is 0.200. The average Bonchev–Trinajstić information content (AvgIpc) is 2.54. The van der Waals surface area contributed by atoms with Crippen LogP contribution in [0.25, 0.3) is 0 Å². The minimum Gasteiger partial charge on any atom is -0.370 e. The Labute approximate surface area is 151 Å². The summed E-state index contributed by atoms with van der Waals surface area (Å²) in [7, 11) is 0. The number of guanidine groups is 1. The summed E-state index contributed by atoms with van der Waals surface area (Å²) in [6.07, 6.45) is 2.51. The van der Waals surface area contributed by atoms with Crippen LogP contribution in [0.4, 0.5) is 5.69 Å². The maximum Gasteiger partial charge on any atom is 0.269 e. The molecule has 122 valence electrons. The van der Waals surface area contributed by atoms with Gasteiger partial charge in [0.15, 0.2) is 5.96 Å². The second-order valence-electron chi connectivity index (χ2n) is 4.62. The standard InChI is InChI=1S/C15H17N5O2.HI/c16-15(18-10-8-13-3-1-2-9-17-13)19-11-12-4-6-14(7-5-12)20(21)22;/h1-7,9H,8,10-11H2,(H3,16,18,19);1H. The Morgan fingerprint density at radius 3 is 2.61 bits per heavy atom. The molecule has 2 aromatic rings. The average molecular weight is 427 g/mol. The number of nitrogens with two attached hydrogens (primary N) is 1. The predicted octanol–water partition coefficient (Wildman–Crippen LogP) is 2.25. The Kier molecular flexibility index (Phi) is 7.95. The second kappa shape index (κ2) is 9.72. The van der Waals surface area contributed by atoms with Crippen molar-refractivity contribution in [3.63, 3.8) is 0 Å². The second-order valence-corrected chi connectivity index (χ2v) is 4.62. The fourth-order valence-electron chi connectivity index (χ4n) is 1.82. The lowest BCUT2D eigenvalue weighted by Crippen LogP contribution is -2.33. The number of pyridine rings is 1. The highest BCUT2D eigenvalue weighted by Crippen LogP contribution is 2.12. The van der Waals surface area contributed by atoms with Gasteiger partial charge in [0.1, 0.15) is 0 Å². The molecule has 0 aliphatic carbocycles. The summed E-state index contributed by atoms with van der Waals surface area (Å²) >= 11 is 0. The maximum absolute atomic E-state index is 10.6. The van der Waals surface area contributed by atoms with Gasteiger partial charge in [-0.1, -0.05) is 18.2 Å². The van der Waals surface area contributed by atoms with E-state index in [0.29, 0.717) is 19.0 Å². The van der Waals surface area contributed by atoms with Gasteiger partial charge in [-0.3, -0.25) is 15.1 Å². The first-order valence-corrected chi connectivity index (χ1v) is 6.82. The molecule has 7 nitrogen and oxygen atoms in total. The summed E-state index contributed by atoms with van der Waals surface area (Å²) in [5, 5.41) is 13.6. The van der Waals surface area contributed by atoms with Crippen LogP contribution in [-0.4, -0.2) is 22.4 Å². The van der Waals surface area contributed by atoms with Crippen LogP contribution in [-0.2, 0) is 13.0 Å². The molecular weight excluding hydrogens is 409 g/mol. The first-order chi connectivity index (χ1) is 10.6. The van der Waals surface area contributed by atoms with Crippen molar-refractivity contribution >= 4 is 35.6 Å². The van der Waals surface area contributed by atoms with Crippen molar-refractivity contribution in [1.82, 2.24) is 10.3 Å². The van der Waals surface area contributed by atoms with Gasteiger partial charge in [-0.25, -0.2) is 4.99 Å². The molecule has 0 amide bonds. The zero-order chi connectivity index (χ0) is 15.8. The topological polar surface area (TPSA) is 106 Å². The van der Waals surface area contributed by atoms with Gasteiger partial charge >= 0.3 is 0 Å². The molecule has 2 rings (SSSR count). The quantitative estimate of drug-likeness (QED) is 0.242. The van der Waals surface area contributed by atoms with Gasteiger partial charge < -0.3 is 11.1 Å². The van der Waals surface area contributed by atoms with Crippen molar-refractivity contribution in [2.75, 3.05) is 6.54 Å². The summed E-state index contributed by atoms with van der Waals surface area (Å²) in [5.74, 6) is 0.342. The van der Waals surface area contributed by atoms with Gasteiger partial charge in [0, 0.05) is 37.0 Å². The smallest absolute Gasteiger partial charge is 0.269 e. The number of rotatable bonds is 6. The van der Waals surface area contributed by atoms with Crippen LogP contribution < -0.4 is 11.1 Å². The Morgan fingerprint density at radius 1 is 1.26 bits per heavy atom. The summed E-state index contributed by atoms with van der Waals surface area (Å²) in [5.41, 5.74) is 7.68.